The molecule has 144 valence electrons. The van der Waals surface area contributed by atoms with Crippen molar-refractivity contribution in [2.75, 3.05) is 0 Å². The zero-order chi connectivity index (χ0) is 19.8. The van der Waals surface area contributed by atoms with Crippen molar-refractivity contribution in [2.24, 2.45) is 5.92 Å². The molecule has 1 fully saturated rings. The Bertz CT molecular complexity index is 868. The molecule has 0 unspecified atom stereocenters. The predicted octanol–water partition coefficient (Wildman–Crippen LogP) is 4.87. The van der Waals surface area contributed by atoms with Crippen LogP contribution in [0.15, 0.2) is 60.2 Å². The molecular formula is C24H26N2O2. The lowest BCUT2D eigenvalue weighted by atomic mass is 9.86. The maximum Gasteiger partial charge on any atom is 0.262 e. The fourth-order valence-electron chi connectivity index (χ4n) is 3.55. The molecule has 1 N–H and O–H groups in total. The highest BCUT2D eigenvalue weighted by molar-refractivity contribution is 6.02. The summed E-state index contributed by atoms with van der Waals surface area (Å²) in [4.78, 5) is 12.6. The van der Waals surface area contributed by atoms with Crippen molar-refractivity contribution < 1.29 is 9.53 Å². The molecule has 0 aromatic heterocycles. The van der Waals surface area contributed by atoms with Crippen LogP contribution in [-0.2, 0) is 11.4 Å². The smallest absolute Gasteiger partial charge is 0.262 e. The van der Waals surface area contributed by atoms with Crippen LogP contribution in [-0.4, -0.2) is 11.9 Å². The van der Waals surface area contributed by atoms with E-state index in [0.29, 0.717) is 18.3 Å². The van der Waals surface area contributed by atoms with Gasteiger partial charge in [-0.25, -0.2) is 0 Å². The van der Waals surface area contributed by atoms with Gasteiger partial charge in [-0.2, -0.15) is 5.26 Å². The third-order valence-corrected chi connectivity index (χ3v) is 5.25. The molecule has 1 saturated carbocycles. The van der Waals surface area contributed by atoms with Crippen LogP contribution in [0.1, 0.15) is 43.7 Å². The van der Waals surface area contributed by atoms with Gasteiger partial charge in [0.05, 0.1) is 0 Å². The molecule has 0 aliphatic heterocycles. The first-order valence-electron chi connectivity index (χ1n) is 9.86. The number of carbonyl (C=O) groups excluding carboxylic acids is 1. The van der Waals surface area contributed by atoms with Crippen LogP contribution in [0.5, 0.6) is 5.75 Å². The summed E-state index contributed by atoms with van der Waals surface area (Å²) in [5.41, 5.74) is 1.89. The summed E-state index contributed by atoms with van der Waals surface area (Å²) in [6.45, 7) is 2.59. The summed E-state index contributed by atoms with van der Waals surface area (Å²) in [6.07, 6.45) is 6.04. The van der Waals surface area contributed by atoms with Crippen molar-refractivity contribution in [3.8, 4) is 11.8 Å². The van der Waals surface area contributed by atoms with Crippen molar-refractivity contribution in [3.63, 3.8) is 0 Å². The van der Waals surface area contributed by atoms with E-state index in [1.165, 1.54) is 6.42 Å². The Morgan fingerprint density at radius 2 is 1.86 bits per heavy atom. The Morgan fingerprint density at radius 3 is 2.61 bits per heavy atom. The summed E-state index contributed by atoms with van der Waals surface area (Å²) in [5.74, 6) is 0.788. The lowest BCUT2D eigenvalue weighted by Gasteiger charge is -2.29. The summed E-state index contributed by atoms with van der Waals surface area (Å²) < 4.78 is 5.93. The number of carbonyl (C=O) groups is 1. The first kappa shape index (κ1) is 19.7. The minimum absolute atomic E-state index is 0.105. The second-order valence-electron chi connectivity index (χ2n) is 7.32. The van der Waals surface area contributed by atoms with Gasteiger partial charge < -0.3 is 10.1 Å². The fraction of sp³-hybridized carbons (Fsp3) is 0.333. The SMILES string of the molecule is C[C@H]1CCCC[C@H]1NC(=O)/C(C#N)=C/c1ccccc1OCc1ccccc1. The molecule has 4 heteroatoms. The molecule has 3 rings (SSSR count). The molecule has 0 radical (unpaired) electrons. The Hall–Kier alpha value is -3.06. The lowest BCUT2D eigenvalue weighted by molar-refractivity contribution is -0.118. The number of benzene rings is 2. The quantitative estimate of drug-likeness (QED) is 0.580. The maximum atomic E-state index is 12.6. The minimum atomic E-state index is -0.306. The third kappa shape index (κ3) is 5.23. The van der Waals surface area contributed by atoms with Crippen LogP contribution in [0.25, 0.3) is 6.08 Å². The van der Waals surface area contributed by atoms with Crippen LogP contribution in [0.2, 0.25) is 0 Å². The van der Waals surface area contributed by atoms with E-state index in [1.54, 1.807) is 6.08 Å². The largest absolute Gasteiger partial charge is 0.488 e. The van der Waals surface area contributed by atoms with Crippen LogP contribution in [0, 0.1) is 17.2 Å². The van der Waals surface area contributed by atoms with Gasteiger partial charge in [0.2, 0.25) is 0 Å². The molecule has 2 aromatic carbocycles. The van der Waals surface area contributed by atoms with Crippen molar-refractivity contribution in [1.82, 2.24) is 5.32 Å². The van der Waals surface area contributed by atoms with E-state index >= 15 is 0 Å². The number of amides is 1. The van der Waals surface area contributed by atoms with Crippen LogP contribution in [0.3, 0.4) is 0 Å². The Kier molecular flexibility index (Phi) is 6.86. The molecule has 0 bridgehead atoms. The third-order valence-electron chi connectivity index (χ3n) is 5.25. The molecule has 0 heterocycles. The van der Waals surface area contributed by atoms with Gasteiger partial charge in [0.15, 0.2) is 0 Å². The zero-order valence-corrected chi connectivity index (χ0v) is 16.2. The van der Waals surface area contributed by atoms with Crippen molar-refractivity contribution in [2.45, 2.75) is 45.3 Å². The molecule has 1 aliphatic carbocycles. The normalized spacial score (nSPS) is 19.5. The number of rotatable bonds is 6. The van der Waals surface area contributed by atoms with E-state index in [4.69, 9.17) is 4.74 Å². The topological polar surface area (TPSA) is 62.1 Å². The van der Waals surface area contributed by atoms with E-state index in [1.807, 2.05) is 60.7 Å². The zero-order valence-electron chi connectivity index (χ0n) is 16.2. The molecule has 4 nitrogen and oxygen atoms in total. The van der Waals surface area contributed by atoms with Crippen LogP contribution >= 0.6 is 0 Å². The molecule has 2 aromatic rings. The van der Waals surface area contributed by atoms with Gasteiger partial charge >= 0.3 is 0 Å². The lowest BCUT2D eigenvalue weighted by Crippen LogP contribution is -2.41. The number of ether oxygens (including phenoxy) is 1. The van der Waals surface area contributed by atoms with E-state index in [-0.39, 0.29) is 17.5 Å². The average Bonchev–Trinajstić information content (AvgIpc) is 2.73. The molecule has 0 saturated heterocycles. The van der Waals surface area contributed by atoms with Gasteiger partial charge in [-0.15, -0.1) is 0 Å². The molecule has 2 atom stereocenters. The van der Waals surface area contributed by atoms with Crippen LogP contribution in [0.4, 0.5) is 0 Å². The summed E-state index contributed by atoms with van der Waals surface area (Å²) in [6, 6.07) is 19.5. The number of nitrogens with one attached hydrogen (secondary N) is 1. The standard InChI is InChI=1S/C24H26N2O2/c1-18-9-5-7-13-22(18)26-24(27)21(16-25)15-20-12-6-8-14-23(20)28-17-19-10-3-2-4-11-19/h2-4,6,8,10-12,14-15,18,22H,5,7,9,13,17H2,1H3,(H,26,27)/b21-15+/t18-,22+/m0/s1. The Morgan fingerprint density at radius 1 is 1.14 bits per heavy atom. The first-order chi connectivity index (χ1) is 13.7. The second kappa shape index (κ2) is 9.75. The van der Waals surface area contributed by atoms with E-state index < -0.39 is 0 Å². The summed E-state index contributed by atoms with van der Waals surface area (Å²) in [7, 11) is 0. The van der Waals surface area contributed by atoms with Gasteiger partial charge in [-0.05, 0) is 36.5 Å². The average molecular weight is 374 g/mol. The number of hydrogen-bond acceptors (Lipinski definition) is 3. The van der Waals surface area contributed by atoms with Gasteiger partial charge in [-0.1, -0.05) is 68.3 Å². The number of nitrogens with zero attached hydrogens (tertiary/aromatic N) is 1. The maximum absolute atomic E-state index is 12.6. The molecule has 1 aliphatic rings. The minimum Gasteiger partial charge on any atom is -0.488 e. The van der Waals surface area contributed by atoms with Gasteiger partial charge in [-0.3, -0.25) is 4.79 Å². The predicted molar refractivity (Wildman–Crippen MR) is 110 cm³/mol. The highest BCUT2D eigenvalue weighted by Crippen LogP contribution is 2.25. The Labute approximate surface area is 166 Å². The number of para-hydroxylation sites is 1. The molecular weight excluding hydrogens is 348 g/mol. The summed E-state index contributed by atoms with van der Waals surface area (Å²) in [5, 5.41) is 12.6. The first-order valence-corrected chi connectivity index (χ1v) is 9.86. The molecule has 1 amide bonds. The van der Waals surface area contributed by atoms with Gasteiger partial charge in [0.25, 0.3) is 5.91 Å². The van der Waals surface area contributed by atoms with Crippen LogP contribution < -0.4 is 10.1 Å². The second-order valence-corrected chi connectivity index (χ2v) is 7.32. The molecule has 0 spiro atoms. The summed E-state index contributed by atoms with van der Waals surface area (Å²) >= 11 is 0. The van der Waals surface area contributed by atoms with Crippen molar-refractivity contribution in [1.29, 1.82) is 5.26 Å². The van der Waals surface area contributed by atoms with Crippen molar-refractivity contribution in [3.05, 3.63) is 71.3 Å². The van der Waals surface area contributed by atoms with Crippen molar-refractivity contribution >= 4 is 12.0 Å². The van der Waals surface area contributed by atoms with Gasteiger partial charge in [0.1, 0.15) is 24.0 Å². The Balaban J connectivity index is 1.73. The van der Waals surface area contributed by atoms with E-state index in [9.17, 15) is 10.1 Å². The van der Waals surface area contributed by atoms with E-state index in [0.717, 1.165) is 30.4 Å². The van der Waals surface area contributed by atoms with E-state index in [2.05, 4.69) is 12.2 Å². The highest BCUT2D eigenvalue weighted by Gasteiger charge is 2.24. The number of nitriles is 1. The number of hydrogen-bond donors (Lipinski definition) is 1. The fourth-order valence-corrected chi connectivity index (χ4v) is 3.55. The molecule has 28 heavy (non-hydrogen) atoms. The highest BCUT2D eigenvalue weighted by atomic mass is 16.5. The van der Waals surface area contributed by atoms with Gasteiger partial charge in [0, 0.05) is 11.6 Å². The monoisotopic (exact) mass is 374 g/mol.